The number of halogens is 1. The average molecular weight is 172 g/mol. The topological polar surface area (TPSA) is 12.0 Å². The Morgan fingerprint density at radius 1 is 1.64 bits per heavy atom. The number of nitrogens with one attached hydrogen (secondary N) is 1. The van der Waals surface area contributed by atoms with Crippen LogP contribution in [-0.2, 0) is 0 Å². The molecule has 0 radical (unpaired) electrons. The number of rotatable bonds is 5. The molecule has 0 rings (SSSR count). The van der Waals surface area contributed by atoms with Crippen LogP contribution in [0.3, 0.4) is 0 Å². The Balaban J connectivity index is 3.77. The van der Waals surface area contributed by atoms with E-state index in [-0.39, 0.29) is 0 Å². The van der Waals surface area contributed by atoms with Gasteiger partial charge in [-0.1, -0.05) is 36.5 Å². The normalized spacial score (nSPS) is 12.4. The van der Waals surface area contributed by atoms with Gasteiger partial charge in [-0.05, 0) is 25.1 Å². The maximum absolute atomic E-state index is 5.32. The van der Waals surface area contributed by atoms with E-state index < -0.39 is 0 Å². The average Bonchev–Trinajstić information content (AvgIpc) is 2.05. The molecule has 0 unspecified atom stereocenters. The lowest BCUT2D eigenvalue weighted by Gasteiger charge is -1.97. The van der Waals surface area contributed by atoms with Gasteiger partial charge in [0.1, 0.15) is 0 Å². The molecule has 2 heteroatoms. The van der Waals surface area contributed by atoms with Gasteiger partial charge in [-0.15, -0.1) is 0 Å². The van der Waals surface area contributed by atoms with Gasteiger partial charge in [0.25, 0.3) is 0 Å². The molecule has 0 atom stereocenters. The molecule has 1 nitrogen and oxygen atoms in total. The van der Waals surface area contributed by atoms with Crippen molar-refractivity contribution in [1.29, 1.82) is 0 Å². The summed E-state index contributed by atoms with van der Waals surface area (Å²) in [7, 11) is 0. The number of allylic oxidation sites excluding steroid dienone is 4. The van der Waals surface area contributed by atoms with Crippen LogP contribution in [0.2, 0.25) is 0 Å². The lowest BCUT2D eigenvalue weighted by molar-refractivity contribution is 0.901. The minimum Gasteiger partial charge on any atom is -0.233 e. The maximum Gasteiger partial charge on any atom is 0.0148 e. The molecule has 1 N–H and O–H groups in total. The molecular weight excluding hydrogens is 158 g/mol. The Morgan fingerprint density at radius 3 is 2.82 bits per heavy atom. The van der Waals surface area contributed by atoms with E-state index in [1.54, 1.807) is 6.08 Å². The molecule has 0 fully saturated rings. The van der Waals surface area contributed by atoms with E-state index in [0.29, 0.717) is 0 Å². The molecule has 0 saturated carbocycles. The van der Waals surface area contributed by atoms with E-state index in [0.717, 1.165) is 13.0 Å². The molecule has 0 aromatic rings. The Morgan fingerprint density at radius 2 is 2.36 bits per heavy atom. The number of hydrogen-bond donors (Lipinski definition) is 1. The molecule has 0 heterocycles. The summed E-state index contributed by atoms with van der Waals surface area (Å²) in [5.74, 6) is 0. The van der Waals surface area contributed by atoms with Crippen molar-refractivity contribution in [3.63, 3.8) is 0 Å². The van der Waals surface area contributed by atoms with Gasteiger partial charge < -0.3 is 0 Å². The number of hydrogen-bond acceptors (Lipinski definition) is 1. The summed E-state index contributed by atoms with van der Waals surface area (Å²) in [4.78, 5) is 2.58. The van der Waals surface area contributed by atoms with E-state index in [9.17, 15) is 0 Å². The predicted octanol–water partition coefficient (Wildman–Crippen LogP) is 2.81. The standard InChI is InChI=1S/C9H14ClN/c1-3-5-6-9(4-2)7-8-11-10/h3-6,11H,1,7-8H2,2H3/b6-5-,9-4+. The van der Waals surface area contributed by atoms with Crippen LogP contribution in [0.4, 0.5) is 0 Å². The van der Waals surface area contributed by atoms with Crippen LogP contribution >= 0.6 is 11.8 Å². The fourth-order valence-corrected chi connectivity index (χ4v) is 0.802. The highest BCUT2D eigenvalue weighted by Crippen LogP contribution is 2.01. The Labute approximate surface area is 73.6 Å². The summed E-state index contributed by atoms with van der Waals surface area (Å²) >= 11 is 5.32. The summed E-state index contributed by atoms with van der Waals surface area (Å²) in [6, 6.07) is 0. The van der Waals surface area contributed by atoms with Crippen molar-refractivity contribution in [1.82, 2.24) is 4.84 Å². The van der Waals surface area contributed by atoms with E-state index in [4.69, 9.17) is 11.8 Å². The van der Waals surface area contributed by atoms with Crippen LogP contribution in [0.1, 0.15) is 13.3 Å². The Bertz CT molecular complexity index is 159. The van der Waals surface area contributed by atoms with E-state index in [1.165, 1.54) is 5.57 Å². The van der Waals surface area contributed by atoms with E-state index in [2.05, 4.69) is 17.5 Å². The minimum absolute atomic E-state index is 0.794. The van der Waals surface area contributed by atoms with Gasteiger partial charge in [0.2, 0.25) is 0 Å². The first-order chi connectivity index (χ1) is 5.35. The second kappa shape index (κ2) is 7.58. The van der Waals surface area contributed by atoms with Crippen molar-refractivity contribution >= 4 is 11.8 Å². The highest BCUT2D eigenvalue weighted by molar-refractivity contribution is 6.13. The first-order valence-electron chi connectivity index (χ1n) is 3.63. The second-order valence-electron chi connectivity index (χ2n) is 2.09. The Kier molecular flexibility index (Phi) is 7.21. The summed E-state index contributed by atoms with van der Waals surface area (Å²) in [5.41, 5.74) is 1.26. The monoisotopic (exact) mass is 171 g/mol. The van der Waals surface area contributed by atoms with E-state index in [1.807, 2.05) is 19.1 Å². The van der Waals surface area contributed by atoms with Gasteiger partial charge >= 0.3 is 0 Å². The zero-order valence-corrected chi connectivity index (χ0v) is 7.56. The third-order valence-corrected chi connectivity index (χ3v) is 1.51. The molecule has 0 aromatic heterocycles. The van der Waals surface area contributed by atoms with Crippen LogP contribution in [-0.4, -0.2) is 6.54 Å². The highest BCUT2D eigenvalue weighted by atomic mass is 35.5. The quantitative estimate of drug-likeness (QED) is 0.496. The molecule has 0 aliphatic carbocycles. The lowest BCUT2D eigenvalue weighted by Crippen LogP contribution is -2.00. The van der Waals surface area contributed by atoms with Crippen molar-refractivity contribution in [2.45, 2.75) is 13.3 Å². The van der Waals surface area contributed by atoms with Gasteiger partial charge in [0.15, 0.2) is 0 Å². The molecule has 11 heavy (non-hydrogen) atoms. The molecule has 0 spiro atoms. The molecule has 0 aliphatic rings. The van der Waals surface area contributed by atoms with Crippen molar-refractivity contribution in [2.75, 3.05) is 6.54 Å². The molecular formula is C9H14ClN. The van der Waals surface area contributed by atoms with Crippen LogP contribution in [0.15, 0.2) is 36.5 Å². The van der Waals surface area contributed by atoms with Gasteiger partial charge in [0, 0.05) is 6.54 Å². The van der Waals surface area contributed by atoms with Crippen LogP contribution in [0.25, 0.3) is 0 Å². The molecule has 0 bridgehead atoms. The largest absolute Gasteiger partial charge is 0.233 e. The molecule has 62 valence electrons. The summed E-state index contributed by atoms with van der Waals surface area (Å²) < 4.78 is 0. The Hall–Kier alpha value is -0.530. The first-order valence-corrected chi connectivity index (χ1v) is 4.00. The third kappa shape index (κ3) is 5.89. The maximum atomic E-state index is 5.32. The van der Waals surface area contributed by atoms with Gasteiger partial charge in [-0.3, -0.25) is 0 Å². The van der Waals surface area contributed by atoms with Crippen LogP contribution < -0.4 is 4.84 Å². The van der Waals surface area contributed by atoms with Gasteiger partial charge in [-0.25, -0.2) is 4.84 Å². The van der Waals surface area contributed by atoms with Crippen molar-refractivity contribution < 1.29 is 0 Å². The fourth-order valence-electron chi connectivity index (χ4n) is 0.707. The van der Waals surface area contributed by atoms with Gasteiger partial charge in [0.05, 0.1) is 0 Å². The van der Waals surface area contributed by atoms with Crippen molar-refractivity contribution in [2.24, 2.45) is 0 Å². The predicted molar refractivity (Wildman–Crippen MR) is 51.6 cm³/mol. The van der Waals surface area contributed by atoms with Gasteiger partial charge in [-0.2, -0.15) is 0 Å². The minimum atomic E-state index is 0.794. The third-order valence-electron chi connectivity index (χ3n) is 1.33. The lowest BCUT2D eigenvalue weighted by atomic mass is 10.1. The SMILES string of the molecule is C=C/C=C\C(=C/C)CCNCl. The summed E-state index contributed by atoms with van der Waals surface area (Å²) in [6.45, 7) is 6.40. The smallest absolute Gasteiger partial charge is 0.0148 e. The fraction of sp³-hybridized carbons (Fsp3) is 0.333. The molecule has 0 aliphatic heterocycles. The molecule has 0 saturated heterocycles. The first kappa shape index (κ1) is 10.5. The van der Waals surface area contributed by atoms with Crippen molar-refractivity contribution in [3.8, 4) is 0 Å². The highest BCUT2D eigenvalue weighted by Gasteiger charge is 1.88. The van der Waals surface area contributed by atoms with E-state index >= 15 is 0 Å². The zero-order valence-electron chi connectivity index (χ0n) is 6.81. The van der Waals surface area contributed by atoms with Crippen LogP contribution in [0, 0.1) is 0 Å². The summed E-state index contributed by atoms with van der Waals surface area (Å²) in [6.07, 6.45) is 8.72. The molecule has 0 amide bonds. The zero-order chi connectivity index (χ0) is 8.53. The summed E-state index contributed by atoms with van der Waals surface area (Å²) in [5, 5.41) is 0. The second-order valence-corrected chi connectivity index (χ2v) is 2.36. The van der Waals surface area contributed by atoms with Crippen molar-refractivity contribution in [3.05, 3.63) is 36.5 Å². The molecule has 0 aromatic carbocycles. The van der Waals surface area contributed by atoms with Crippen LogP contribution in [0.5, 0.6) is 0 Å².